The van der Waals surface area contributed by atoms with Gasteiger partial charge in [0.05, 0.1) is 0 Å². The molecule has 1 fully saturated rings. The summed E-state index contributed by atoms with van der Waals surface area (Å²) < 4.78 is 0. The van der Waals surface area contributed by atoms with Crippen LogP contribution in [0.2, 0.25) is 0 Å². The van der Waals surface area contributed by atoms with Crippen LogP contribution in [0.4, 0.5) is 0 Å². The zero-order chi connectivity index (χ0) is 33.5. The molecule has 1 unspecified atom stereocenters. The van der Waals surface area contributed by atoms with E-state index in [2.05, 4.69) is 158 Å². The second-order valence-corrected chi connectivity index (χ2v) is 14.1. The second-order valence-electron chi connectivity index (χ2n) is 14.1. The number of benzene rings is 4. The third-order valence-electron chi connectivity index (χ3n) is 10.4. The number of hydrogen-bond acceptors (Lipinski definition) is 0. The fraction of sp³-hybridized carbons (Fsp3) is 0.319. The SMILES string of the molecule is CC1CCC(c2cc3c(-c4ccc(C(C)C)cc4)cccc3[cH-]2)CC1.CCC(C)c1ccc(-c2cccc3[cH-]c(C)cc23)cc1.Cl.Cl.[CH3-].[CH3-].[Si]=[Zr]. The zero-order valence-corrected chi connectivity index (χ0v) is 37.1. The third kappa shape index (κ3) is 11.4. The van der Waals surface area contributed by atoms with E-state index in [1.54, 1.807) is 5.56 Å². The van der Waals surface area contributed by atoms with E-state index in [4.69, 9.17) is 0 Å². The molecule has 1 atom stereocenters. The fourth-order valence-corrected chi connectivity index (χ4v) is 7.25. The van der Waals surface area contributed by atoms with Crippen molar-refractivity contribution >= 4 is 53.2 Å². The Morgan fingerprint density at radius 2 is 1.14 bits per heavy atom. The molecule has 7 rings (SSSR count). The molecule has 1 aliphatic carbocycles. The van der Waals surface area contributed by atoms with Crippen LogP contribution in [0, 0.1) is 27.7 Å². The quantitative estimate of drug-likeness (QED) is 0.116. The molecule has 0 nitrogen and oxygen atoms in total. The van der Waals surface area contributed by atoms with Crippen LogP contribution < -0.4 is 0 Å². The number of hydrogen-bond donors (Lipinski definition) is 0. The Labute approximate surface area is 340 Å². The Morgan fingerprint density at radius 1 is 0.667 bits per heavy atom. The molecule has 1 saturated carbocycles. The van der Waals surface area contributed by atoms with Crippen LogP contribution in [-0.4, -0.2) is 6.88 Å². The maximum absolute atomic E-state index is 3.06. The monoisotopic (exact) mass is 810 g/mol. The summed E-state index contributed by atoms with van der Waals surface area (Å²) in [6, 6.07) is 41.0. The van der Waals surface area contributed by atoms with Crippen molar-refractivity contribution in [3.8, 4) is 22.3 Å². The number of rotatable bonds is 6. The first-order chi connectivity index (χ1) is 22.8. The maximum atomic E-state index is 3.06. The molecule has 0 aliphatic heterocycles. The Morgan fingerprint density at radius 3 is 1.63 bits per heavy atom. The summed E-state index contributed by atoms with van der Waals surface area (Å²) in [6.45, 7) is 16.7. The van der Waals surface area contributed by atoms with Crippen molar-refractivity contribution in [2.24, 2.45) is 5.92 Å². The predicted octanol–water partition coefficient (Wildman–Crippen LogP) is 15.1. The van der Waals surface area contributed by atoms with E-state index in [0.29, 0.717) is 11.8 Å². The van der Waals surface area contributed by atoms with E-state index < -0.39 is 0 Å². The summed E-state index contributed by atoms with van der Waals surface area (Å²) >= 11 is 1.36. The second kappa shape index (κ2) is 22.1. The molecule has 2 radical (unpaired) electrons. The normalized spacial score (nSPS) is 15.4. The first-order valence-corrected chi connectivity index (χ1v) is 21.8. The summed E-state index contributed by atoms with van der Waals surface area (Å²) in [5.74, 6) is 2.90. The van der Waals surface area contributed by atoms with E-state index in [9.17, 15) is 0 Å². The van der Waals surface area contributed by atoms with Crippen molar-refractivity contribution in [2.45, 2.75) is 91.4 Å². The summed E-state index contributed by atoms with van der Waals surface area (Å²) in [5.41, 5.74) is 11.1. The van der Waals surface area contributed by atoms with E-state index in [1.165, 1.54) is 116 Å². The van der Waals surface area contributed by atoms with Gasteiger partial charge in [-0.2, -0.15) is 12.1 Å². The van der Waals surface area contributed by atoms with Crippen LogP contribution in [0.15, 0.2) is 109 Å². The standard InChI is InChI=1S/C25H29.C20H21.2CH3.2ClH.Si.Zr/c1-17(2)19-11-13-21(14-12-19)24-6-4-5-22-15-23(16-25(22)24)20-9-7-18(3)8-10-20;1-4-15(3)16-8-10-17(11-9-16)19-7-5-6-18-12-14(2)13-20(18)19;;;;;;/h4-6,11-18,20H,7-10H2,1-3H3;5-13,15H,4H2,1-3H3;2*1H3;2*1H;;/q4*-1;;;;. The van der Waals surface area contributed by atoms with Crippen LogP contribution in [0.3, 0.4) is 0 Å². The van der Waals surface area contributed by atoms with Gasteiger partial charge in [0.15, 0.2) is 0 Å². The minimum absolute atomic E-state index is 0. The molecule has 1 aliphatic rings. The number of aryl methyl sites for hydroxylation is 1. The number of fused-ring (bicyclic) bond motifs is 2. The van der Waals surface area contributed by atoms with Crippen molar-refractivity contribution in [1.29, 1.82) is 0 Å². The van der Waals surface area contributed by atoms with Gasteiger partial charge in [-0.25, -0.2) is 0 Å². The molecule has 51 heavy (non-hydrogen) atoms. The van der Waals surface area contributed by atoms with Crippen molar-refractivity contribution in [3.63, 3.8) is 0 Å². The molecule has 6 aromatic carbocycles. The van der Waals surface area contributed by atoms with E-state index in [1.807, 2.05) is 0 Å². The van der Waals surface area contributed by atoms with Crippen molar-refractivity contribution in [1.82, 2.24) is 0 Å². The van der Waals surface area contributed by atoms with Crippen molar-refractivity contribution in [3.05, 3.63) is 146 Å². The van der Waals surface area contributed by atoms with Gasteiger partial charge in [0, 0.05) is 0 Å². The van der Waals surface area contributed by atoms with Gasteiger partial charge >= 0.3 is 30.2 Å². The summed E-state index contributed by atoms with van der Waals surface area (Å²) in [5, 5.41) is 5.53. The van der Waals surface area contributed by atoms with E-state index in [-0.39, 0.29) is 39.7 Å². The molecule has 0 aromatic heterocycles. The van der Waals surface area contributed by atoms with Gasteiger partial charge < -0.3 is 14.9 Å². The van der Waals surface area contributed by atoms with Gasteiger partial charge in [-0.15, -0.1) is 93.9 Å². The van der Waals surface area contributed by atoms with Gasteiger partial charge in [0.2, 0.25) is 0 Å². The molecular weight excluding hydrogens is 755 g/mol. The van der Waals surface area contributed by atoms with Crippen LogP contribution >= 0.6 is 24.8 Å². The Balaban J connectivity index is 0.000000461. The van der Waals surface area contributed by atoms with Gasteiger partial charge in [0.25, 0.3) is 0 Å². The molecular formula is C47H58Cl2SiZr-4. The average molecular weight is 813 g/mol. The topological polar surface area (TPSA) is 0 Å². The van der Waals surface area contributed by atoms with Crippen LogP contribution in [0.5, 0.6) is 0 Å². The molecule has 272 valence electrons. The van der Waals surface area contributed by atoms with E-state index in [0.717, 1.165) is 11.8 Å². The molecule has 0 bridgehead atoms. The average Bonchev–Trinajstić information content (AvgIpc) is 3.72. The molecule has 0 heterocycles. The van der Waals surface area contributed by atoms with E-state index >= 15 is 0 Å². The Bertz CT molecular complexity index is 1870. The third-order valence-corrected chi connectivity index (χ3v) is 10.4. The van der Waals surface area contributed by atoms with Crippen LogP contribution in [0.1, 0.15) is 107 Å². The summed E-state index contributed by atoms with van der Waals surface area (Å²) in [7, 11) is 0. The van der Waals surface area contributed by atoms with Gasteiger partial charge in [-0.1, -0.05) is 126 Å². The van der Waals surface area contributed by atoms with Gasteiger partial charge in [0.1, 0.15) is 0 Å². The van der Waals surface area contributed by atoms with Crippen LogP contribution in [-0.2, 0) is 23.3 Å². The molecule has 6 aromatic rings. The first kappa shape index (κ1) is 46.8. The molecule has 0 spiro atoms. The summed E-state index contributed by atoms with van der Waals surface area (Å²) in [6.07, 6.45) is 6.67. The zero-order valence-electron chi connectivity index (χ0n) is 32.1. The van der Waals surface area contributed by atoms with Crippen molar-refractivity contribution in [2.75, 3.05) is 0 Å². The van der Waals surface area contributed by atoms with Gasteiger partial charge in [-0.05, 0) is 65.2 Å². The fourth-order valence-electron chi connectivity index (χ4n) is 7.25. The predicted molar refractivity (Wildman–Crippen MR) is 231 cm³/mol. The molecule has 4 heteroatoms. The number of halogens is 2. The Hall–Kier alpha value is -2.22. The minimum atomic E-state index is 0. The van der Waals surface area contributed by atoms with Gasteiger partial charge in [-0.3, -0.25) is 0 Å². The molecule has 0 amide bonds. The van der Waals surface area contributed by atoms with Crippen molar-refractivity contribution < 1.29 is 23.3 Å². The Kier molecular flexibility index (Phi) is 20.3. The molecule has 0 saturated heterocycles. The van der Waals surface area contributed by atoms with Crippen LogP contribution in [0.25, 0.3) is 43.8 Å². The first-order valence-electron chi connectivity index (χ1n) is 17.6. The summed E-state index contributed by atoms with van der Waals surface area (Å²) in [4.78, 5) is 0. The molecule has 0 N–H and O–H groups in total.